The molecule has 4 rings (SSSR count). The Morgan fingerprint density at radius 2 is 1.47 bits per heavy atom. The molecule has 0 bridgehead atoms. The first kappa shape index (κ1) is 23.3. The van der Waals surface area contributed by atoms with E-state index >= 15 is 0 Å². The van der Waals surface area contributed by atoms with Crippen LogP contribution in [-0.2, 0) is 4.74 Å². The quantitative estimate of drug-likeness (QED) is 0.371. The number of nitrogens with one attached hydrogen (secondary N) is 1. The van der Waals surface area contributed by atoms with Gasteiger partial charge in [-0.15, -0.1) is 0 Å². The maximum atomic E-state index is 13.7. The molecule has 34 heavy (non-hydrogen) atoms. The van der Waals surface area contributed by atoms with Crippen molar-refractivity contribution in [2.45, 2.75) is 19.9 Å². The summed E-state index contributed by atoms with van der Waals surface area (Å²) in [6.45, 7) is 3.71. The average Bonchev–Trinajstić information content (AvgIpc) is 2.84. The number of amides is 2. The van der Waals surface area contributed by atoms with Crippen molar-refractivity contribution in [3.63, 3.8) is 0 Å². The zero-order chi connectivity index (χ0) is 24.4. The van der Waals surface area contributed by atoms with Gasteiger partial charge in [0, 0.05) is 21.9 Å². The van der Waals surface area contributed by atoms with E-state index < -0.39 is 12.0 Å². The van der Waals surface area contributed by atoms with Gasteiger partial charge in [-0.05, 0) is 55.8 Å². The summed E-state index contributed by atoms with van der Waals surface area (Å²) in [7, 11) is 1.31. The summed E-state index contributed by atoms with van der Waals surface area (Å²) in [5, 5.41) is 3.50. The van der Waals surface area contributed by atoms with Crippen molar-refractivity contribution in [2.24, 2.45) is 0 Å². The summed E-state index contributed by atoms with van der Waals surface area (Å²) in [4.78, 5) is 40.3. The van der Waals surface area contributed by atoms with Crippen LogP contribution in [0.15, 0.2) is 84.1 Å². The van der Waals surface area contributed by atoms with Crippen molar-refractivity contribution in [2.75, 3.05) is 12.0 Å². The molecule has 1 aliphatic heterocycles. The maximum Gasteiger partial charge on any atom is 0.337 e. The van der Waals surface area contributed by atoms with Crippen LogP contribution < -0.4 is 10.2 Å². The molecule has 7 heteroatoms. The standard InChI is InChI=1S/C27H23ClN2O4/c1-16-4-6-19(7-5-16)25(31)23-17(2)30(22-14-12-21(28)13-15-22)27(33)29-24(23)18-8-10-20(11-9-18)26(32)34-3/h4-15,24H,1-3H3,(H,29,33)/t24-/m1/s1. The molecule has 0 saturated carbocycles. The van der Waals surface area contributed by atoms with Gasteiger partial charge in [0.25, 0.3) is 0 Å². The molecule has 2 amide bonds. The molecule has 1 heterocycles. The van der Waals surface area contributed by atoms with Crippen LogP contribution >= 0.6 is 11.6 Å². The minimum atomic E-state index is -0.698. The minimum Gasteiger partial charge on any atom is -0.465 e. The summed E-state index contributed by atoms with van der Waals surface area (Å²) in [6.07, 6.45) is 0. The molecule has 0 aromatic heterocycles. The zero-order valence-electron chi connectivity index (χ0n) is 19.0. The number of allylic oxidation sites excluding steroid dienone is 1. The third-order valence-corrected chi connectivity index (χ3v) is 6.05. The fraction of sp³-hybridized carbons (Fsp3) is 0.148. The summed E-state index contributed by atoms with van der Waals surface area (Å²) in [6, 6.07) is 19.7. The molecule has 3 aromatic carbocycles. The average molecular weight is 475 g/mol. The number of ketones is 1. The Morgan fingerprint density at radius 1 is 0.882 bits per heavy atom. The van der Waals surface area contributed by atoms with Crippen LogP contribution in [0.25, 0.3) is 0 Å². The molecule has 0 saturated heterocycles. The first-order valence-corrected chi connectivity index (χ1v) is 11.0. The van der Waals surface area contributed by atoms with E-state index in [1.54, 1.807) is 67.6 Å². The van der Waals surface area contributed by atoms with E-state index in [9.17, 15) is 14.4 Å². The molecule has 1 aliphatic rings. The summed E-state index contributed by atoms with van der Waals surface area (Å²) < 4.78 is 4.77. The number of halogens is 1. The fourth-order valence-corrected chi connectivity index (χ4v) is 4.10. The Hall–Kier alpha value is -3.90. The third kappa shape index (κ3) is 4.45. The molecule has 0 aliphatic carbocycles. The second-order valence-corrected chi connectivity index (χ2v) is 8.44. The van der Waals surface area contributed by atoms with Crippen LogP contribution in [0, 0.1) is 6.92 Å². The molecule has 0 fully saturated rings. The van der Waals surface area contributed by atoms with Gasteiger partial charge < -0.3 is 10.1 Å². The lowest BCUT2D eigenvalue weighted by atomic mass is 9.88. The van der Waals surface area contributed by atoms with Crippen molar-refractivity contribution in [3.8, 4) is 0 Å². The highest BCUT2D eigenvalue weighted by molar-refractivity contribution is 6.30. The second-order valence-electron chi connectivity index (χ2n) is 8.00. The zero-order valence-corrected chi connectivity index (χ0v) is 19.7. The van der Waals surface area contributed by atoms with E-state index in [1.807, 2.05) is 19.1 Å². The lowest BCUT2D eigenvalue weighted by Gasteiger charge is -2.36. The summed E-state index contributed by atoms with van der Waals surface area (Å²) in [5.74, 6) is -0.658. The number of hydrogen-bond acceptors (Lipinski definition) is 4. The van der Waals surface area contributed by atoms with E-state index in [0.717, 1.165) is 5.56 Å². The fourth-order valence-electron chi connectivity index (χ4n) is 3.98. The van der Waals surface area contributed by atoms with Crippen LogP contribution in [0.2, 0.25) is 5.02 Å². The second kappa shape index (κ2) is 9.53. The van der Waals surface area contributed by atoms with Gasteiger partial charge in [-0.25, -0.2) is 9.59 Å². The Morgan fingerprint density at radius 3 is 2.06 bits per heavy atom. The van der Waals surface area contributed by atoms with Crippen LogP contribution in [0.1, 0.15) is 44.8 Å². The maximum absolute atomic E-state index is 13.7. The van der Waals surface area contributed by atoms with E-state index in [2.05, 4.69) is 5.32 Å². The van der Waals surface area contributed by atoms with Crippen molar-refractivity contribution < 1.29 is 19.1 Å². The van der Waals surface area contributed by atoms with E-state index in [-0.39, 0.29) is 11.8 Å². The number of Topliss-reactive ketones (excluding diaryl/α,β-unsaturated/α-hetero) is 1. The number of urea groups is 1. The first-order chi connectivity index (χ1) is 16.3. The number of esters is 1. The topological polar surface area (TPSA) is 75.7 Å². The number of rotatable bonds is 5. The molecule has 0 unspecified atom stereocenters. The number of hydrogen-bond donors (Lipinski definition) is 1. The van der Waals surface area contributed by atoms with Gasteiger partial charge >= 0.3 is 12.0 Å². The normalized spacial score (nSPS) is 15.7. The number of anilines is 1. The molecule has 0 radical (unpaired) electrons. The molecule has 0 spiro atoms. The van der Waals surface area contributed by atoms with Gasteiger partial charge in [-0.2, -0.15) is 0 Å². The molecule has 172 valence electrons. The number of carbonyl (C=O) groups excluding carboxylic acids is 3. The Kier molecular flexibility index (Phi) is 6.52. The summed E-state index contributed by atoms with van der Waals surface area (Å²) in [5.41, 5.74) is 4.14. The Balaban J connectivity index is 1.84. The monoisotopic (exact) mass is 474 g/mol. The van der Waals surface area contributed by atoms with Gasteiger partial charge in [0.1, 0.15) is 0 Å². The van der Waals surface area contributed by atoms with Crippen molar-refractivity contribution in [1.29, 1.82) is 0 Å². The Labute approximate surface area is 202 Å². The number of methoxy groups -OCH3 is 1. The number of benzene rings is 3. The number of ether oxygens (including phenoxy) is 1. The smallest absolute Gasteiger partial charge is 0.337 e. The van der Waals surface area contributed by atoms with E-state index in [4.69, 9.17) is 16.3 Å². The van der Waals surface area contributed by atoms with Crippen molar-refractivity contribution in [3.05, 3.63) is 111 Å². The molecular formula is C27H23ClN2O4. The van der Waals surface area contributed by atoms with Gasteiger partial charge in [0.2, 0.25) is 0 Å². The van der Waals surface area contributed by atoms with Gasteiger partial charge in [0.15, 0.2) is 5.78 Å². The van der Waals surface area contributed by atoms with Crippen LogP contribution in [0.3, 0.4) is 0 Å². The van der Waals surface area contributed by atoms with Crippen LogP contribution in [-0.4, -0.2) is 24.9 Å². The third-order valence-electron chi connectivity index (χ3n) is 5.79. The van der Waals surface area contributed by atoms with Gasteiger partial charge in [0.05, 0.1) is 24.4 Å². The highest BCUT2D eigenvalue weighted by atomic mass is 35.5. The predicted molar refractivity (Wildman–Crippen MR) is 131 cm³/mol. The molecular weight excluding hydrogens is 452 g/mol. The Bertz CT molecular complexity index is 1280. The van der Waals surface area contributed by atoms with Gasteiger partial charge in [-0.1, -0.05) is 53.6 Å². The SMILES string of the molecule is COC(=O)c1ccc([C@H]2NC(=O)N(c3ccc(Cl)cc3)C(C)=C2C(=O)c2ccc(C)cc2)cc1. The first-order valence-electron chi connectivity index (χ1n) is 10.7. The van der Waals surface area contributed by atoms with Crippen LogP contribution in [0.5, 0.6) is 0 Å². The molecule has 1 N–H and O–H groups in total. The highest BCUT2D eigenvalue weighted by Crippen LogP contribution is 2.35. The molecule has 3 aromatic rings. The lowest BCUT2D eigenvalue weighted by Crippen LogP contribution is -2.48. The van der Waals surface area contributed by atoms with Crippen molar-refractivity contribution >= 4 is 35.1 Å². The highest BCUT2D eigenvalue weighted by Gasteiger charge is 2.36. The number of nitrogens with zero attached hydrogens (tertiary/aromatic N) is 1. The molecule has 6 nitrogen and oxygen atoms in total. The van der Waals surface area contributed by atoms with E-state index in [1.165, 1.54) is 12.0 Å². The van der Waals surface area contributed by atoms with E-state index in [0.29, 0.717) is 38.7 Å². The summed E-state index contributed by atoms with van der Waals surface area (Å²) >= 11 is 6.03. The lowest BCUT2D eigenvalue weighted by molar-refractivity contribution is 0.0600. The number of aryl methyl sites for hydroxylation is 1. The predicted octanol–water partition coefficient (Wildman–Crippen LogP) is 5.86. The molecule has 1 atom stereocenters. The van der Waals surface area contributed by atoms with Gasteiger partial charge in [-0.3, -0.25) is 9.69 Å². The number of carbonyl (C=O) groups is 3. The van der Waals surface area contributed by atoms with Crippen molar-refractivity contribution in [1.82, 2.24) is 5.32 Å². The largest absolute Gasteiger partial charge is 0.465 e. The van der Waals surface area contributed by atoms with Crippen LogP contribution in [0.4, 0.5) is 10.5 Å². The minimum absolute atomic E-state index is 0.196.